The molecule has 0 aliphatic heterocycles. The van der Waals surface area contributed by atoms with Gasteiger partial charge in [0.15, 0.2) is 0 Å². The lowest BCUT2D eigenvalue weighted by Crippen LogP contribution is -2.48. The molecule has 2 aromatic carbocycles. The van der Waals surface area contributed by atoms with E-state index in [-0.39, 0.29) is 10.8 Å². The number of rotatable bonds is 10. The summed E-state index contributed by atoms with van der Waals surface area (Å²) in [4.78, 5) is 12.8. The summed E-state index contributed by atoms with van der Waals surface area (Å²) in [6.07, 6.45) is 3.26. The molecule has 2 N–H and O–H groups in total. The highest BCUT2D eigenvalue weighted by Crippen LogP contribution is 2.14. The predicted octanol–water partition coefficient (Wildman–Crippen LogP) is 3.49. The second-order valence-electron chi connectivity index (χ2n) is 6.32. The van der Waals surface area contributed by atoms with Gasteiger partial charge in [0.2, 0.25) is 15.9 Å². The predicted molar refractivity (Wildman–Crippen MR) is 116 cm³/mol. The van der Waals surface area contributed by atoms with Crippen LogP contribution in [-0.4, -0.2) is 26.9 Å². The van der Waals surface area contributed by atoms with E-state index in [2.05, 4.69) is 39.6 Å². The molecule has 0 aliphatic rings. The summed E-state index contributed by atoms with van der Waals surface area (Å²) in [5.74, 6) is -0.302. The van der Waals surface area contributed by atoms with Crippen LogP contribution in [0.4, 0.5) is 0 Å². The van der Waals surface area contributed by atoms with Crippen LogP contribution >= 0.6 is 22.6 Å². The Bertz CT molecular complexity index is 824. The molecular formula is C20H25IN2O3S. The van der Waals surface area contributed by atoms with Crippen LogP contribution in [0.1, 0.15) is 31.7 Å². The number of benzene rings is 2. The molecule has 0 unspecified atom stereocenters. The Morgan fingerprint density at radius 1 is 1.04 bits per heavy atom. The third-order valence-corrected chi connectivity index (χ3v) is 6.31. The SMILES string of the molecule is CCCCCNC(=O)[C@H](Cc1ccccc1)NS(=O)(=O)c1ccc(I)cc1. The first-order valence-corrected chi connectivity index (χ1v) is 11.6. The molecule has 0 heterocycles. The van der Waals surface area contributed by atoms with E-state index in [4.69, 9.17) is 0 Å². The quantitative estimate of drug-likeness (QED) is 0.388. The number of carbonyl (C=O) groups is 1. The van der Waals surface area contributed by atoms with E-state index < -0.39 is 16.1 Å². The number of sulfonamides is 1. The number of hydrogen-bond acceptors (Lipinski definition) is 3. The minimum Gasteiger partial charge on any atom is -0.355 e. The summed E-state index contributed by atoms with van der Waals surface area (Å²) >= 11 is 2.12. The lowest BCUT2D eigenvalue weighted by Gasteiger charge is -2.19. The van der Waals surface area contributed by atoms with Crippen LogP contribution in [-0.2, 0) is 21.2 Å². The number of hydrogen-bond donors (Lipinski definition) is 2. The van der Waals surface area contributed by atoms with E-state index in [1.807, 2.05) is 30.3 Å². The van der Waals surface area contributed by atoms with Crippen molar-refractivity contribution in [2.24, 2.45) is 0 Å². The molecule has 2 aromatic rings. The number of unbranched alkanes of at least 4 members (excludes halogenated alkanes) is 2. The maximum atomic E-state index is 12.7. The maximum absolute atomic E-state index is 12.7. The molecule has 146 valence electrons. The number of nitrogens with one attached hydrogen (secondary N) is 2. The van der Waals surface area contributed by atoms with Crippen LogP contribution in [0.15, 0.2) is 59.5 Å². The summed E-state index contributed by atoms with van der Waals surface area (Å²) in [5, 5.41) is 2.85. The topological polar surface area (TPSA) is 75.3 Å². The fourth-order valence-electron chi connectivity index (χ4n) is 2.62. The van der Waals surface area contributed by atoms with Gasteiger partial charge in [-0.2, -0.15) is 4.72 Å². The van der Waals surface area contributed by atoms with Gasteiger partial charge in [-0.15, -0.1) is 0 Å². The van der Waals surface area contributed by atoms with E-state index in [0.717, 1.165) is 28.4 Å². The minimum absolute atomic E-state index is 0.153. The van der Waals surface area contributed by atoms with Crippen LogP contribution in [0.3, 0.4) is 0 Å². The molecule has 0 bridgehead atoms. The van der Waals surface area contributed by atoms with Crippen molar-refractivity contribution in [1.82, 2.24) is 10.0 Å². The Morgan fingerprint density at radius 2 is 1.70 bits per heavy atom. The summed E-state index contributed by atoms with van der Waals surface area (Å²) < 4.78 is 29.0. The van der Waals surface area contributed by atoms with Gasteiger partial charge in [-0.05, 0) is 65.3 Å². The standard InChI is InChI=1S/C20H25IN2O3S/c1-2-3-7-14-22-20(24)19(15-16-8-5-4-6-9-16)23-27(25,26)18-12-10-17(21)11-13-18/h4-6,8-13,19,23H,2-3,7,14-15H2,1H3,(H,22,24)/t19-/m0/s1. The van der Waals surface area contributed by atoms with Gasteiger partial charge in [-0.25, -0.2) is 8.42 Å². The Kier molecular flexibility index (Phi) is 8.72. The summed E-state index contributed by atoms with van der Waals surface area (Å²) in [6, 6.07) is 15.1. The molecule has 0 saturated heterocycles. The summed E-state index contributed by atoms with van der Waals surface area (Å²) in [6.45, 7) is 2.64. The van der Waals surface area contributed by atoms with E-state index in [1.54, 1.807) is 24.3 Å². The van der Waals surface area contributed by atoms with Gasteiger partial charge in [-0.3, -0.25) is 4.79 Å². The lowest BCUT2D eigenvalue weighted by molar-refractivity contribution is -0.122. The molecule has 1 amide bonds. The zero-order valence-corrected chi connectivity index (χ0v) is 18.3. The Hall–Kier alpha value is -1.45. The summed E-state index contributed by atoms with van der Waals surface area (Å²) in [7, 11) is -3.79. The van der Waals surface area contributed by atoms with Gasteiger partial charge < -0.3 is 5.32 Å². The highest BCUT2D eigenvalue weighted by atomic mass is 127. The Morgan fingerprint density at radius 3 is 2.33 bits per heavy atom. The largest absolute Gasteiger partial charge is 0.355 e. The van der Waals surface area contributed by atoms with Gasteiger partial charge in [-0.1, -0.05) is 50.1 Å². The fourth-order valence-corrected chi connectivity index (χ4v) is 4.17. The molecule has 0 spiro atoms. The Labute approximate surface area is 175 Å². The molecular weight excluding hydrogens is 475 g/mol. The van der Waals surface area contributed by atoms with Gasteiger partial charge in [0.25, 0.3) is 0 Å². The van der Waals surface area contributed by atoms with Crippen molar-refractivity contribution < 1.29 is 13.2 Å². The minimum atomic E-state index is -3.79. The second-order valence-corrected chi connectivity index (χ2v) is 9.28. The molecule has 27 heavy (non-hydrogen) atoms. The average molecular weight is 500 g/mol. The molecule has 7 heteroatoms. The van der Waals surface area contributed by atoms with Crippen molar-refractivity contribution in [3.8, 4) is 0 Å². The summed E-state index contributed by atoms with van der Waals surface area (Å²) in [5.41, 5.74) is 0.900. The average Bonchev–Trinajstić information content (AvgIpc) is 2.65. The first-order valence-electron chi connectivity index (χ1n) is 9.02. The zero-order chi connectivity index (χ0) is 19.7. The molecule has 0 saturated carbocycles. The molecule has 1 atom stereocenters. The molecule has 0 fully saturated rings. The first-order chi connectivity index (χ1) is 12.9. The van der Waals surface area contributed by atoms with E-state index in [9.17, 15) is 13.2 Å². The fraction of sp³-hybridized carbons (Fsp3) is 0.350. The van der Waals surface area contributed by atoms with Crippen molar-refractivity contribution in [3.63, 3.8) is 0 Å². The van der Waals surface area contributed by atoms with E-state index >= 15 is 0 Å². The number of halogens is 1. The van der Waals surface area contributed by atoms with Crippen molar-refractivity contribution in [1.29, 1.82) is 0 Å². The van der Waals surface area contributed by atoms with E-state index in [0.29, 0.717) is 13.0 Å². The normalized spacial score (nSPS) is 12.5. The van der Waals surface area contributed by atoms with Crippen LogP contribution < -0.4 is 10.0 Å². The third kappa shape index (κ3) is 7.23. The molecule has 0 aromatic heterocycles. The van der Waals surface area contributed by atoms with Gasteiger partial charge >= 0.3 is 0 Å². The third-order valence-electron chi connectivity index (χ3n) is 4.10. The van der Waals surface area contributed by atoms with Crippen molar-refractivity contribution in [2.75, 3.05) is 6.54 Å². The Balaban J connectivity index is 2.15. The monoisotopic (exact) mass is 500 g/mol. The van der Waals surface area contributed by atoms with Gasteiger partial charge in [0.05, 0.1) is 4.90 Å². The molecule has 0 aliphatic carbocycles. The van der Waals surface area contributed by atoms with Crippen molar-refractivity contribution >= 4 is 38.5 Å². The van der Waals surface area contributed by atoms with Crippen LogP contribution in [0.5, 0.6) is 0 Å². The van der Waals surface area contributed by atoms with Crippen LogP contribution in [0, 0.1) is 3.57 Å². The maximum Gasteiger partial charge on any atom is 0.241 e. The van der Waals surface area contributed by atoms with Crippen LogP contribution in [0.2, 0.25) is 0 Å². The van der Waals surface area contributed by atoms with Gasteiger partial charge in [0.1, 0.15) is 6.04 Å². The number of amides is 1. The first kappa shape index (κ1) is 21.8. The van der Waals surface area contributed by atoms with E-state index in [1.165, 1.54) is 0 Å². The number of carbonyl (C=O) groups excluding carboxylic acids is 1. The van der Waals surface area contributed by atoms with Crippen LogP contribution in [0.25, 0.3) is 0 Å². The zero-order valence-electron chi connectivity index (χ0n) is 15.3. The lowest BCUT2D eigenvalue weighted by atomic mass is 10.1. The smallest absolute Gasteiger partial charge is 0.241 e. The molecule has 0 radical (unpaired) electrons. The van der Waals surface area contributed by atoms with Crippen molar-refractivity contribution in [2.45, 2.75) is 43.5 Å². The highest BCUT2D eigenvalue weighted by Gasteiger charge is 2.25. The highest BCUT2D eigenvalue weighted by molar-refractivity contribution is 14.1. The molecule has 5 nitrogen and oxygen atoms in total. The second kappa shape index (κ2) is 10.8. The molecule has 2 rings (SSSR count). The van der Waals surface area contributed by atoms with Gasteiger partial charge in [0, 0.05) is 10.1 Å². The van der Waals surface area contributed by atoms with Crippen molar-refractivity contribution in [3.05, 3.63) is 63.7 Å².